The van der Waals surface area contributed by atoms with Crippen molar-refractivity contribution in [2.75, 3.05) is 0 Å². The Kier molecular flexibility index (Phi) is 3.96. The van der Waals surface area contributed by atoms with Crippen molar-refractivity contribution in [3.8, 4) is 11.5 Å². The Hall–Kier alpha value is -2.74. The van der Waals surface area contributed by atoms with E-state index < -0.39 is 0 Å². The summed E-state index contributed by atoms with van der Waals surface area (Å²) in [7, 11) is 0. The molecular weight excluding hydrogens is 336 g/mol. The summed E-state index contributed by atoms with van der Waals surface area (Å²) in [5.74, 6) is 2.20. The van der Waals surface area contributed by atoms with E-state index in [0.717, 1.165) is 27.7 Å². The Bertz CT molecular complexity index is 1050. The minimum Gasteiger partial charge on any atom is -0.420 e. The summed E-state index contributed by atoms with van der Waals surface area (Å²) in [6.07, 6.45) is 0. The summed E-state index contributed by atoms with van der Waals surface area (Å²) in [6.45, 7) is 5.99. The van der Waals surface area contributed by atoms with Gasteiger partial charge in [0.1, 0.15) is 0 Å². The Morgan fingerprint density at radius 3 is 2.76 bits per heavy atom. The van der Waals surface area contributed by atoms with E-state index in [0.29, 0.717) is 23.3 Å². The summed E-state index contributed by atoms with van der Waals surface area (Å²) >= 11 is 1.49. The van der Waals surface area contributed by atoms with Crippen molar-refractivity contribution >= 4 is 17.5 Å². The fourth-order valence-corrected chi connectivity index (χ4v) is 3.45. The standard InChI is InChI=1S/C17H16N6OS/c1-10-5-4-6-13(7-10)15-20-19-14(24-15)9-25-17-22-21-16-18-11(2)8-12(3)23(16)17/h4-8H,9H2,1-3H3. The SMILES string of the molecule is Cc1cccc(-c2nnc(CSc3nnc4nc(C)cc(C)n34)o2)c1. The number of fused-ring (bicyclic) bond motifs is 1. The van der Waals surface area contributed by atoms with Crippen LogP contribution in [0.15, 0.2) is 39.9 Å². The van der Waals surface area contributed by atoms with Crippen molar-refractivity contribution in [1.82, 2.24) is 29.8 Å². The predicted molar refractivity (Wildman–Crippen MR) is 94.3 cm³/mol. The minimum atomic E-state index is 0.521. The lowest BCUT2D eigenvalue weighted by atomic mass is 10.1. The molecular formula is C17H16N6OS. The lowest BCUT2D eigenvalue weighted by molar-refractivity contribution is 0.528. The van der Waals surface area contributed by atoms with Gasteiger partial charge in [0.05, 0.1) is 5.75 Å². The maximum absolute atomic E-state index is 5.77. The topological polar surface area (TPSA) is 82.0 Å². The third-order valence-electron chi connectivity index (χ3n) is 3.72. The summed E-state index contributed by atoms with van der Waals surface area (Å²) in [6, 6.07) is 9.99. The first-order chi connectivity index (χ1) is 12.1. The van der Waals surface area contributed by atoms with E-state index in [2.05, 4.69) is 25.4 Å². The second-order valence-electron chi connectivity index (χ2n) is 5.82. The summed E-state index contributed by atoms with van der Waals surface area (Å²) in [5, 5.41) is 17.4. The number of hydrogen-bond acceptors (Lipinski definition) is 7. The van der Waals surface area contributed by atoms with Crippen LogP contribution in [0, 0.1) is 20.8 Å². The lowest BCUT2D eigenvalue weighted by Gasteiger charge is -2.02. The van der Waals surface area contributed by atoms with Gasteiger partial charge in [0, 0.05) is 17.0 Å². The van der Waals surface area contributed by atoms with Crippen LogP contribution >= 0.6 is 11.8 Å². The van der Waals surface area contributed by atoms with Gasteiger partial charge in [-0.05, 0) is 39.0 Å². The van der Waals surface area contributed by atoms with Crippen LogP contribution < -0.4 is 0 Å². The molecule has 4 rings (SSSR count). The van der Waals surface area contributed by atoms with E-state index in [-0.39, 0.29) is 0 Å². The zero-order valence-corrected chi connectivity index (χ0v) is 14.9. The van der Waals surface area contributed by atoms with Gasteiger partial charge < -0.3 is 4.42 Å². The molecule has 0 N–H and O–H groups in total. The van der Waals surface area contributed by atoms with Gasteiger partial charge in [-0.15, -0.1) is 20.4 Å². The van der Waals surface area contributed by atoms with Gasteiger partial charge in [0.25, 0.3) is 5.78 Å². The first-order valence-electron chi connectivity index (χ1n) is 7.82. The molecule has 0 saturated carbocycles. The molecule has 4 aromatic rings. The Balaban J connectivity index is 1.55. The number of thioether (sulfide) groups is 1. The summed E-state index contributed by atoms with van der Waals surface area (Å²) in [5.41, 5.74) is 4.04. The number of aryl methyl sites for hydroxylation is 3. The van der Waals surface area contributed by atoms with E-state index in [1.54, 1.807) is 0 Å². The number of nitrogens with zero attached hydrogens (tertiary/aromatic N) is 6. The quantitative estimate of drug-likeness (QED) is 0.521. The van der Waals surface area contributed by atoms with Crippen LogP contribution in [0.1, 0.15) is 22.8 Å². The average Bonchev–Trinajstić information content (AvgIpc) is 3.19. The summed E-state index contributed by atoms with van der Waals surface area (Å²) < 4.78 is 7.69. The van der Waals surface area contributed by atoms with Crippen molar-refractivity contribution < 1.29 is 4.42 Å². The first-order valence-corrected chi connectivity index (χ1v) is 8.80. The van der Waals surface area contributed by atoms with Crippen molar-refractivity contribution in [2.45, 2.75) is 31.7 Å². The number of aromatic nitrogens is 6. The molecule has 0 aliphatic heterocycles. The molecule has 3 aromatic heterocycles. The minimum absolute atomic E-state index is 0.521. The lowest BCUT2D eigenvalue weighted by Crippen LogP contribution is -1.97. The number of hydrogen-bond donors (Lipinski definition) is 0. The van der Waals surface area contributed by atoms with Gasteiger partial charge >= 0.3 is 0 Å². The zero-order chi connectivity index (χ0) is 17.4. The molecule has 25 heavy (non-hydrogen) atoms. The molecule has 0 aliphatic carbocycles. The average molecular weight is 352 g/mol. The van der Waals surface area contributed by atoms with Gasteiger partial charge in [0.15, 0.2) is 5.16 Å². The van der Waals surface area contributed by atoms with Gasteiger partial charge in [0.2, 0.25) is 11.8 Å². The van der Waals surface area contributed by atoms with Gasteiger partial charge in [-0.3, -0.25) is 4.40 Å². The van der Waals surface area contributed by atoms with Crippen LogP contribution in [-0.4, -0.2) is 29.8 Å². The van der Waals surface area contributed by atoms with Crippen LogP contribution in [0.25, 0.3) is 17.2 Å². The Labute approximate surface area is 148 Å². The van der Waals surface area contributed by atoms with E-state index in [1.807, 2.05) is 55.5 Å². The molecule has 0 bridgehead atoms. The molecule has 0 amide bonds. The van der Waals surface area contributed by atoms with E-state index in [1.165, 1.54) is 11.8 Å². The molecule has 0 saturated heterocycles. The first kappa shape index (κ1) is 15.8. The normalized spacial score (nSPS) is 11.3. The van der Waals surface area contributed by atoms with Crippen molar-refractivity contribution in [3.63, 3.8) is 0 Å². The van der Waals surface area contributed by atoms with E-state index in [4.69, 9.17) is 4.42 Å². The molecule has 0 spiro atoms. The highest BCUT2D eigenvalue weighted by Crippen LogP contribution is 2.24. The Morgan fingerprint density at radius 2 is 1.92 bits per heavy atom. The molecule has 1 aromatic carbocycles. The van der Waals surface area contributed by atoms with Gasteiger partial charge in [-0.2, -0.15) is 0 Å². The third kappa shape index (κ3) is 3.12. The zero-order valence-electron chi connectivity index (χ0n) is 14.1. The van der Waals surface area contributed by atoms with Crippen LogP contribution in [0.2, 0.25) is 0 Å². The maximum atomic E-state index is 5.77. The monoisotopic (exact) mass is 352 g/mol. The molecule has 8 heteroatoms. The second-order valence-corrected chi connectivity index (χ2v) is 6.76. The number of benzene rings is 1. The largest absolute Gasteiger partial charge is 0.420 e. The molecule has 0 atom stereocenters. The molecule has 0 aliphatic rings. The van der Waals surface area contributed by atoms with Crippen LogP contribution in [-0.2, 0) is 5.75 Å². The highest BCUT2D eigenvalue weighted by atomic mass is 32.2. The van der Waals surface area contributed by atoms with Crippen molar-refractivity contribution in [3.05, 3.63) is 53.2 Å². The van der Waals surface area contributed by atoms with E-state index >= 15 is 0 Å². The van der Waals surface area contributed by atoms with Gasteiger partial charge in [-0.25, -0.2) is 4.98 Å². The summed E-state index contributed by atoms with van der Waals surface area (Å²) in [4.78, 5) is 4.39. The third-order valence-corrected chi connectivity index (χ3v) is 4.63. The van der Waals surface area contributed by atoms with Crippen molar-refractivity contribution in [1.29, 1.82) is 0 Å². The highest BCUT2D eigenvalue weighted by molar-refractivity contribution is 7.98. The molecule has 0 fully saturated rings. The smallest absolute Gasteiger partial charge is 0.256 e. The number of rotatable bonds is 4. The molecule has 126 valence electrons. The maximum Gasteiger partial charge on any atom is 0.256 e. The second kappa shape index (κ2) is 6.29. The fraction of sp³-hybridized carbons (Fsp3) is 0.235. The molecule has 3 heterocycles. The molecule has 7 nitrogen and oxygen atoms in total. The Morgan fingerprint density at radius 1 is 1.04 bits per heavy atom. The van der Waals surface area contributed by atoms with Crippen LogP contribution in [0.5, 0.6) is 0 Å². The van der Waals surface area contributed by atoms with Crippen molar-refractivity contribution in [2.24, 2.45) is 0 Å². The van der Waals surface area contributed by atoms with Gasteiger partial charge in [-0.1, -0.05) is 29.5 Å². The van der Waals surface area contributed by atoms with Crippen LogP contribution in [0.4, 0.5) is 0 Å². The predicted octanol–water partition coefficient (Wildman–Crippen LogP) is 3.39. The molecule has 0 unspecified atom stereocenters. The fourth-order valence-electron chi connectivity index (χ4n) is 2.63. The highest BCUT2D eigenvalue weighted by Gasteiger charge is 2.13. The van der Waals surface area contributed by atoms with Crippen LogP contribution in [0.3, 0.4) is 0 Å². The van der Waals surface area contributed by atoms with E-state index in [9.17, 15) is 0 Å². The molecule has 0 radical (unpaired) electrons.